The number of benzene rings is 3. The number of ketones is 1. The number of aliphatic hydroxyl groups is 1. The summed E-state index contributed by atoms with van der Waals surface area (Å²) in [5, 5.41) is 27.1. The van der Waals surface area contributed by atoms with Gasteiger partial charge < -0.3 is 25.2 Å². The molecule has 0 bridgehead atoms. The van der Waals surface area contributed by atoms with Gasteiger partial charge in [0.2, 0.25) is 0 Å². The first-order valence-corrected chi connectivity index (χ1v) is 11.5. The molecule has 6 rings (SSSR count). The number of rotatable bonds is 2. The summed E-state index contributed by atoms with van der Waals surface area (Å²) in [5.41, 5.74) is 1.33. The van der Waals surface area contributed by atoms with Crippen LogP contribution in [0.15, 0.2) is 72.3 Å². The second-order valence-corrected chi connectivity index (χ2v) is 9.25. The minimum Gasteiger partial charge on any atom is -0.508 e. The average molecular weight is 469 g/mol. The van der Waals surface area contributed by atoms with E-state index in [0.717, 1.165) is 5.56 Å². The van der Waals surface area contributed by atoms with Gasteiger partial charge in [-0.25, -0.2) is 0 Å². The Bertz CT molecular complexity index is 1440. The van der Waals surface area contributed by atoms with E-state index >= 15 is 0 Å². The van der Waals surface area contributed by atoms with Crippen molar-refractivity contribution in [1.82, 2.24) is 10.2 Å². The third kappa shape index (κ3) is 2.82. The monoisotopic (exact) mass is 468 g/mol. The van der Waals surface area contributed by atoms with Crippen LogP contribution < -0.4 is 10.1 Å². The lowest BCUT2D eigenvalue weighted by atomic mass is 9.76. The molecule has 3 N–H and O–H groups in total. The highest BCUT2D eigenvalue weighted by Gasteiger charge is 2.58. The van der Waals surface area contributed by atoms with Gasteiger partial charge in [-0.05, 0) is 31.2 Å². The van der Waals surface area contributed by atoms with Crippen molar-refractivity contribution in [1.29, 1.82) is 0 Å². The Hall–Kier alpha value is -4.10. The average Bonchev–Trinajstić information content (AvgIpc) is 3.24. The van der Waals surface area contributed by atoms with Crippen molar-refractivity contribution >= 4 is 17.4 Å². The zero-order valence-corrected chi connectivity index (χ0v) is 19.3. The van der Waals surface area contributed by atoms with Gasteiger partial charge in [0.25, 0.3) is 5.91 Å². The van der Waals surface area contributed by atoms with Crippen molar-refractivity contribution in [2.75, 3.05) is 13.7 Å². The molecule has 35 heavy (non-hydrogen) atoms. The number of Topliss-reactive ketones (excluding diaryl/α,β-unsaturated/α-hetero) is 1. The van der Waals surface area contributed by atoms with Gasteiger partial charge >= 0.3 is 0 Å². The number of carbonyl (C=O) groups is 2. The molecule has 0 radical (unpaired) electrons. The van der Waals surface area contributed by atoms with Crippen LogP contribution in [0.3, 0.4) is 0 Å². The zero-order chi connectivity index (χ0) is 24.5. The molecule has 2 aliphatic heterocycles. The quantitative estimate of drug-likeness (QED) is 0.533. The lowest BCUT2D eigenvalue weighted by Crippen LogP contribution is -2.54. The Morgan fingerprint density at radius 1 is 1.00 bits per heavy atom. The zero-order valence-electron chi connectivity index (χ0n) is 19.3. The van der Waals surface area contributed by atoms with E-state index in [1.807, 2.05) is 19.1 Å². The molecule has 7 nitrogen and oxygen atoms in total. The molecule has 3 atom stereocenters. The van der Waals surface area contributed by atoms with Crippen LogP contribution >= 0.6 is 0 Å². The van der Waals surface area contributed by atoms with Crippen LogP contribution in [0.25, 0.3) is 5.70 Å². The molecule has 1 aliphatic carbocycles. The summed E-state index contributed by atoms with van der Waals surface area (Å²) in [5.74, 6) is -1.31. The highest BCUT2D eigenvalue weighted by atomic mass is 16.5. The van der Waals surface area contributed by atoms with Crippen LogP contribution in [-0.4, -0.2) is 46.5 Å². The normalized spacial score (nSPS) is 24.7. The second kappa shape index (κ2) is 7.45. The van der Waals surface area contributed by atoms with Crippen molar-refractivity contribution in [3.8, 4) is 11.5 Å². The number of phenolic OH excluding ortho intramolecular Hbond substituents is 1. The predicted octanol–water partition coefficient (Wildman–Crippen LogP) is 3.38. The van der Waals surface area contributed by atoms with Crippen molar-refractivity contribution < 1.29 is 24.5 Å². The van der Waals surface area contributed by atoms with E-state index in [2.05, 4.69) is 5.32 Å². The summed E-state index contributed by atoms with van der Waals surface area (Å²) in [4.78, 5) is 28.9. The Kier molecular flexibility index (Phi) is 4.56. The van der Waals surface area contributed by atoms with Crippen molar-refractivity contribution in [3.05, 3.63) is 100 Å². The first-order valence-electron chi connectivity index (χ1n) is 11.5. The Morgan fingerprint density at radius 2 is 1.69 bits per heavy atom. The first-order chi connectivity index (χ1) is 16.9. The van der Waals surface area contributed by atoms with Gasteiger partial charge in [0, 0.05) is 46.0 Å². The molecule has 0 saturated heterocycles. The highest BCUT2D eigenvalue weighted by molar-refractivity contribution is 6.21. The van der Waals surface area contributed by atoms with Crippen LogP contribution in [0.4, 0.5) is 0 Å². The number of phenols is 1. The maximum atomic E-state index is 14.0. The summed E-state index contributed by atoms with van der Waals surface area (Å²) < 4.78 is 5.42. The fourth-order valence-corrected chi connectivity index (χ4v) is 5.73. The number of hydrogen-bond acceptors (Lipinski definition) is 6. The summed E-state index contributed by atoms with van der Waals surface area (Å²) in [6.07, 6.45) is 0. The molecular formula is C28H24N2O5. The number of fused-ring (bicyclic) bond motifs is 5. The third-order valence-electron chi connectivity index (χ3n) is 7.25. The molecule has 0 fully saturated rings. The minimum absolute atomic E-state index is 0.106. The summed E-state index contributed by atoms with van der Waals surface area (Å²) >= 11 is 0. The fourth-order valence-electron chi connectivity index (χ4n) is 5.73. The van der Waals surface area contributed by atoms with Crippen LogP contribution in [0.2, 0.25) is 0 Å². The van der Waals surface area contributed by atoms with Crippen LogP contribution in [-0.2, 0) is 5.72 Å². The molecule has 1 amide bonds. The molecule has 0 saturated carbocycles. The number of nitrogens with one attached hydrogen (secondary N) is 1. The van der Waals surface area contributed by atoms with Gasteiger partial charge in [0.1, 0.15) is 11.5 Å². The first kappa shape index (κ1) is 21.4. The summed E-state index contributed by atoms with van der Waals surface area (Å²) in [7, 11) is 1.51. The number of ether oxygens (including phenoxy) is 1. The third-order valence-corrected chi connectivity index (χ3v) is 7.25. The lowest BCUT2D eigenvalue weighted by molar-refractivity contribution is -0.100. The van der Waals surface area contributed by atoms with Crippen molar-refractivity contribution in [2.24, 2.45) is 0 Å². The number of hydrogen-bond donors (Lipinski definition) is 3. The minimum atomic E-state index is -1.91. The van der Waals surface area contributed by atoms with Gasteiger partial charge in [0.05, 0.1) is 18.7 Å². The lowest BCUT2D eigenvalue weighted by Gasteiger charge is -2.44. The molecule has 0 spiro atoms. The van der Waals surface area contributed by atoms with Crippen LogP contribution in [0.1, 0.15) is 50.2 Å². The molecule has 3 aromatic rings. The molecule has 0 aromatic heterocycles. The Morgan fingerprint density at radius 3 is 2.43 bits per heavy atom. The summed E-state index contributed by atoms with van der Waals surface area (Å²) in [6.45, 7) is 2.11. The SMILES string of the molecule is COc1ccc(O)c(C2C3=C(NC(C)CN4C(=O)c5ccccc5C24O)c2ccccc2C3=O)c1. The van der Waals surface area contributed by atoms with Gasteiger partial charge in [-0.1, -0.05) is 42.5 Å². The molecule has 2 heterocycles. The molecule has 3 unspecified atom stereocenters. The van der Waals surface area contributed by atoms with E-state index in [4.69, 9.17) is 4.74 Å². The van der Waals surface area contributed by atoms with Crippen molar-refractivity contribution in [3.63, 3.8) is 0 Å². The molecule has 176 valence electrons. The maximum absolute atomic E-state index is 14.0. The molecular weight excluding hydrogens is 444 g/mol. The number of amides is 1. The number of carbonyl (C=O) groups excluding carboxylic acids is 2. The van der Waals surface area contributed by atoms with Gasteiger partial charge in [-0.2, -0.15) is 0 Å². The molecule has 7 heteroatoms. The second-order valence-electron chi connectivity index (χ2n) is 9.25. The summed E-state index contributed by atoms with van der Waals surface area (Å²) in [6, 6.07) is 18.6. The van der Waals surface area contributed by atoms with E-state index < -0.39 is 11.6 Å². The highest BCUT2D eigenvalue weighted by Crippen LogP contribution is 2.55. The topological polar surface area (TPSA) is 99.1 Å². The van der Waals surface area contributed by atoms with Crippen molar-refractivity contribution in [2.45, 2.75) is 24.6 Å². The van der Waals surface area contributed by atoms with Gasteiger partial charge in [-0.15, -0.1) is 0 Å². The van der Waals surface area contributed by atoms with E-state index in [1.165, 1.54) is 18.1 Å². The van der Waals surface area contributed by atoms with Crippen LogP contribution in [0, 0.1) is 0 Å². The fraction of sp³-hybridized carbons (Fsp3) is 0.214. The molecule has 3 aromatic carbocycles. The Labute approximate surface area is 202 Å². The predicted molar refractivity (Wildman–Crippen MR) is 129 cm³/mol. The van der Waals surface area contributed by atoms with E-state index in [-0.39, 0.29) is 30.0 Å². The van der Waals surface area contributed by atoms with Gasteiger partial charge in [0.15, 0.2) is 11.5 Å². The maximum Gasteiger partial charge on any atom is 0.256 e. The number of nitrogens with zero attached hydrogens (tertiary/aromatic N) is 1. The Balaban J connectivity index is 1.72. The molecule has 3 aliphatic rings. The van der Waals surface area contributed by atoms with Gasteiger partial charge in [-0.3, -0.25) is 9.59 Å². The standard InChI is InChI=1S/C28H24N2O5/c1-15-14-30-27(33)19-9-5-6-10-21(19)28(30,34)24(20-13-16(35-2)11-12-22(20)31)23-25(29-15)17-7-3-4-8-18(17)26(23)32/h3-13,15,24,29,31,34H,14H2,1-2H3. The number of methoxy groups -OCH3 is 1. The van der Waals surface area contributed by atoms with Crippen LogP contribution in [0.5, 0.6) is 11.5 Å². The smallest absolute Gasteiger partial charge is 0.256 e. The number of aromatic hydroxyl groups is 1. The largest absolute Gasteiger partial charge is 0.508 e. The van der Waals surface area contributed by atoms with E-state index in [0.29, 0.717) is 39.3 Å². The van der Waals surface area contributed by atoms with E-state index in [1.54, 1.807) is 48.5 Å². The van der Waals surface area contributed by atoms with E-state index in [9.17, 15) is 19.8 Å².